The van der Waals surface area contributed by atoms with Crippen LogP contribution in [0.5, 0.6) is 0 Å². The molecule has 0 saturated carbocycles. The molecule has 0 radical (unpaired) electrons. The summed E-state index contributed by atoms with van der Waals surface area (Å²) in [7, 11) is 0. The predicted octanol–water partition coefficient (Wildman–Crippen LogP) is 1.53. The zero-order valence-corrected chi connectivity index (χ0v) is 10.5. The Balaban J connectivity index is 2.95. The molecule has 17 heavy (non-hydrogen) atoms. The predicted molar refractivity (Wildman–Crippen MR) is 72.4 cm³/mol. The van der Waals surface area contributed by atoms with Gasteiger partial charge in [0.25, 0.3) is 0 Å². The average molecular weight is 235 g/mol. The molecule has 0 saturated heterocycles. The highest BCUT2D eigenvalue weighted by atomic mass is 16.3. The van der Waals surface area contributed by atoms with Crippen LogP contribution >= 0.6 is 0 Å². The standard InChI is InChI=1S/C13H21N3O/c1-3-10-6-5-7-11(4-2)12(10)16-13(14)15-8-9-17/h5-7,17H,3-4,8-9H2,1-2H3,(H3,14,15,16). The van der Waals surface area contributed by atoms with E-state index in [4.69, 9.17) is 10.8 Å². The van der Waals surface area contributed by atoms with Gasteiger partial charge in [-0.3, -0.25) is 4.99 Å². The third-order valence-corrected chi connectivity index (χ3v) is 2.63. The van der Waals surface area contributed by atoms with Gasteiger partial charge in [-0.15, -0.1) is 0 Å². The van der Waals surface area contributed by atoms with Crippen molar-refractivity contribution in [2.45, 2.75) is 26.7 Å². The highest BCUT2D eigenvalue weighted by Crippen LogP contribution is 2.22. The molecular formula is C13H21N3O. The van der Waals surface area contributed by atoms with E-state index in [1.165, 1.54) is 11.1 Å². The fourth-order valence-corrected chi connectivity index (χ4v) is 1.74. The summed E-state index contributed by atoms with van der Waals surface area (Å²) in [5.41, 5.74) is 9.28. The number of aryl methyl sites for hydroxylation is 2. The number of anilines is 1. The summed E-state index contributed by atoms with van der Waals surface area (Å²) in [5.74, 6) is 0.356. The second-order valence-corrected chi connectivity index (χ2v) is 3.77. The van der Waals surface area contributed by atoms with E-state index < -0.39 is 0 Å². The number of hydrogen-bond acceptors (Lipinski definition) is 2. The first-order chi connectivity index (χ1) is 8.22. The first-order valence-electron chi connectivity index (χ1n) is 6.01. The second kappa shape index (κ2) is 6.91. The lowest BCUT2D eigenvalue weighted by molar-refractivity contribution is 0.307. The summed E-state index contributed by atoms with van der Waals surface area (Å²) in [6, 6.07) is 6.23. The van der Waals surface area contributed by atoms with Gasteiger partial charge in [-0.05, 0) is 24.0 Å². The fraction of sp³-hybridized carbons (Fsp3) is 0.462. The molecule has 0 unspecified atom stereocenters. The van der Waals surface area contributed by atoms with E-state index in [1.54, 1.807) is 0 Å². The summed E-state index contributed by atoms with van der Waals surface area (Å²) in [6.45, 7) is 4.56. The van der Waals surface area contributed by atoms with Gasteiger partial charge in [-0.2, -0.15) is 0 Å². The molecule has 0 amide bonds. The van der Waals surface area contributed by atoms with Crippen LogP contribution in [0, 0.1) is 0 Å². The maximum Gasteiger partial charge on any atom is 0.193 e. The first kappa shape index (κ1) is 13.5. The van der Waals surface area contributed by atoms with Crippen molar-refractivity contribution in [3.63, 3.8) is 0 Å². The maximum atomic E-state index is 8.69. The van der Waals surface area contributed by atoms with Crippen LogP contribution in [0.2, 0.25) is 0 Å². The number of nitrogens with one attached hydrogen (secondary N) is 1. The Morgan fingerprint density at radius 1 is 1.29 bits per heavy atom. The lowest BCUT2D eigenvalue weighted by Crippen LogP contribution is -2.24. The number of hydrogen-bond donors (Lipinski definition) is 3. The normalized spacial score (nSPS) is 11.6. The van der Waals surface area contributed by atoms with Crippen LogP contribution < -0.4 is 11.1 Å². The number of aliphatic hydroxyl groups excluding tert-OH is 1. The van der Waals surface area contributed by atoms with Crippen molar-refractivity contribution < 1.29 is 5.11 Å². The minimum atomic E-state index is 0.0123. The van der Waals surface area contributed by atoms with Crippen molar-refractivity contribution in [1.82, 2.24) is 0 Å². The topological polar surface area (TPSA) is 70.6 Å². The van der Waals surface area contributed by atoms with E-state index in [0.29, 0.717) is 12.5 Å². The number of nitrogens with zero attached hydrogens (tertiary/aromatic N) is 1. The van der Waals surface area contributed by atoms with Crippen LogP contribution in [0.25, 0.3) is 0 Å². The number of aliphatic imine (C=N–C) groups is 1. The van der Waals surface area contributed by atoms with Crippen molar-refractivity contribution in [1.29, 1.82) is 0 Å². The minimum absolute atomic E-state index is 0.0123. The van der Waals surface area contributed by atoms with Crippen molar-refractivity contribution >= 4 is 11.6 Å². The van der Waals surface area contributed by atoms with E-state index in [9.17, 15) is 0 Å². The van der Waals surface area contributed by atoms with Crippen LogP contribution in [0.1, 0.15) is 25.0 Å². The average Bonchev–Trinajstić information content (AvgIpc) is 2.36. The number of rotatable bonds is 5. The molecule has 0 bridgehead atoms. The third kappa shape index (κ3) is 3.75. The summed E-state index contributed by atoms with van der Waals surface area (Å²) in [5, 5.41) is 11.8. The fourth-order valence-electron chi connectivity index (χ4n) is 1.74. The van der Waals surface area contributed by atoms with Crippen LogP contribution in [-0.2, 0) is 12.8 Å². The first-order valence-corrected chi connectivity index (χ1v) is 6.01. The van der Waals surface area contributed by atoms with Gasteiger partial charge in [0.1, 0.15) is 0 Å². The zero-order valence-electron chi connectivity index (χ0n) is 10.5. The molecule has 0 aliphatic carbocycles. The quantitative estimate of drug-likeness (QED) is 0.535. The minimum Gasteiger partial charge on any atom is -0.394 e. The molecule has 0 heterocycles. The van der Waals surface area contributed by atoms with E-state index in [1.807, 2.05) is 0 Å². The van der Waals surface area contributed by atoms with Crippen molar-refractivity contribution in [2.24, 2.45) is 10.7 Å². The highest BCUT2D eigenvalue weighted by Gasteiger charge is 2.06. The Morgan fingerprint density at radius 3 is 2.35 bits per heavy atom. The Labute approximate surface area is 103 Å². The molecule has 1 aromatic carbocycles. The molecule has 0 fully saturated rings. The molecule has 94 valence electrons. The zero-order chi connectivity index (χ0) is 12.7. The van der Waals surface area contributed by atoms with Gasteiger partial charge in [0.05, 0.1) is 13.2 Å². The van der Waals surface area contributed by atoms with E-state index in [-0.39, 0.29) is 6.61 Å². The van der Waals surface area contributed by atoms with E-state index in [2.05, 4.69) is 42.4 Å². The molecule has 4 heteroatoms. The van der Waals surface area contributed by atoms with Gasteiger partial charge in [0.15, 0.2) is 5.96 Å². The third-order valence-electron chi connectivity index (χ3n) is 2.63. The summed E-state index contributed by atoms with van der Waals surface area (Å²) in [6.07, 6.45) is 1.90. The van der Waals surface area contributed by atoms with Gasteiger partial charge in [0.2, 0.25) is 0 Å². The SMILES string of the molecule is CCc1cccc(CC)c1NC(N)=NCCO. The van der Waals surface area contributed by atoms with Crippen LogP contribution in [0.4, 0.5) is 5.69 Å². The molecule has 0 aliphatic rings. The largest absolute Gasteiger partial charge is 0.394 e. The second-order valence-electron chi connectivity index (χ2n) is 3.77. The molecule has 1 rings (SSSR count). The Morgan fingerprint density at radius 2 is 1.88 bits per heavy atom. The molecule has 0 spiro atoms. The van der Waals surface area contributed by atoms with Crippen molar-refractivity contribution in [3.05, 3.63) is 29.3 Å². The lowest BCUT2D eigenvalue weighted by Gasteiger charge is -2.14. The van der Waals surface area contributed by atoms with Gasteiger partial charge in [-0.25, -0.2) is 0 Å². The molecular weight excluding hydrogens is 214 g/mol. The summed E-state index contributed by atoms with van der Waals surface area (Å²) < 4.78 is 0. The van der Waals surface area contributed by atoms with E-state index >= 15 is 0 Å². The van der Waals surface area contributed by atoms with Crippen LogP contribution in [0.3, 0.4) is 0 Å². The molecule has 4 nitrogen and oxygen atoms in total. The number of para-hydroxylation sites is 1. The van der Waals surface area contributed by atoms with Gasteiger partial charge in [-0.1, -0.05) is 32.0 Å². The number of benzene rings is 1. The molecule has 0 aliphatic heterocycles. The van der Waals surface area contributed by atoms with Gasteiger partial charge >= 0.3 is 0 Å². The summed E-state index contributed by atoms with van der Waals surface area (Å²) in [4.78, 5) is 4.02. The maximum absolute atomic E-state index is 8.69. The summed E-state index contributed by atoms with van der Waals surface area (Å²) >= 11 is 0. The Kier molecular flexibility index (Phi) is 5.49. The number of guanidine groups is 1. The lowest BCUT2D eigenvalue weighted by atomic mass is 10.0. The Hall–Kier alpha value is -1.55. The molecule has 0 atom stereocenters. The van der Waals surface area contributed by atoms with Gasteiger partial charge < -0.3 is 16.2 Å². The molecule has 0 aromatic heterocycles. The molecule has 4 N–H and O–H groups in total. The monoisotopic (exact) mass is 235 g/mol. The van der Waals surface area contributed by atoms with Crippen LogP contribution in [0.15, 0.2) is 23.2 Å². The Bertz CT molecular complexity index is 366. The number of aliphatic hydroxyl groups is 1. The number of nitrogens with two attached hydrogens (primary N) is 1. The van der Waals surface area contributed by atoms with E-state index in [0.717, 1.165) is 18.5 Å². The van der Waals surface area contributed by atoms with Gasteiger partial charge in [0, 0.05) is 5.69 Å². The smallest absolute Gasteiger partial charge is 0.193 e. The van der Waals surface area contributed by atoms with Crippen LogP contribution in [-0.4, -0.2) is 24.2 Å². The van der Waals surface area contributed by atoms with Crippen molar-refractivity contribution in [3.8, 4) is 0 Å². The molecule has 1 aromatic rings. The van der Waals surface area contributed by atoms with Crippen molar-refractivity contribution in [2.75, 3.05) is 18.5 Å². The highest BCUT2D eigenvalue weighted by molar-refractivity contribution is 5.93.